The van der Waals surface area contributed by atoms with Gasteiger partial charge in [-0.05, 0) is 42.0 Å². The van der Waals surface area contributed by atoms with Gasteiger partial charge in [-0.25, -0.2) is 0 Å². The molecule has 0 N–H and O–H groups in total. The standard InChI is InChI=1S/C28H30N2O3S/c1-33-26-12-6-5-10-24(26)20-30(21-25-11-7-19-34-25)28(32)23-15-17-29(18-16-23)27(31)14-13-22-8-3-2-4-9-22/h2-14,19,23H,15-18,20-21H2,1H3/b14-13+. The van der Waals surface area contributed by atoms with Gasteiger partial charge in [-0.1, -0.05) is 54.6 Å². The molecule has 1 aliphatic heterocycles. The molecule has 0 spiro atoms. The summed E-state index contributed by atoms with van der Waals surface area (Å²) in [6.07, 6.45) is 4.82. The number of carbonyl (C=O) groups excluding carboxylic acids is 2. The summed E-state index contributed by atoms with van der Waals surface area (Å²) in [7, 11) is 1.66. The van der Waals surface area contributed by atoms with Crippen LogP contribution >= 0.6 is 11.3 Å². The Hall–Kier alpha value is -3.38. The minimum absolute atomic E-state index is 0.000726. The van der Waals surface area contributed by atoms with Crippen molar-refractivity contribution in [1.29, 1.82) is 0 Å². The monoisotopic (exact) mass is 474 g/mol. The molecular formula is C28H30N2O3S. The summed E-state index contributed by atoms with van der Waals surface area (Å²) < 4.78 is 5.52. The molecule has 3 aromatic rings. The van der Waals surface area contributed by atoms with Crippen molar-refractivity contribution in [3.63, 3.8) is 0 Å². The highest BCUT2D eigenvalue weighted by atomic mass is 32.1. The molecule has 2 heterocycles. The summed E-state index contributed by atoms with van der Waals surface area (Å²) in [5.74, 6) is 0.847. The maximum absolute atomic E-state index is 13.6. The number of nitrogens with zero attached hydrogens (tertiary/aromatic N) is 2. The van der Waals surface area contributed by atoms with Crippen molar-refractivity contribution in [3.8, 4) is 5.75 Å². The van der Waals surface area contributed by atoms with E-state index in [0.717, 1.165) is 21.8 Å². The van der Waals surface area contributed by atoms with Crippen molar-refractivity contribution < 1.29 is 14.3 Å². The van der Waals surface area contributed by atoms with Gasteiger partial charge in [-0.15, -0.1) is 11.3 Å². The Morgan fingerprint density at radius 2 is 1.74 bits per heavy atom. The quantitative estimate of drug-likeness (QED) is 0.420. The molecule has 176 valence electrons. The Labute approximate surface area is 205 Å². The van der Waals surface area contributed by atoms with Crippen molar-refractivity contribution in [3.05, 3.63) is 94.2 Å². The number of ether oxygens (including phenoxy) is 1. The summed E-state index contributed by atoms with van der Waals surface area (Å²) >= 11 is 1.66. The average molecular weight is 475 g/mol. The maximum Gasteiger partial charge on any atom is 0.246 e. The van der Waals surface area contributed by atoms with E-state index >= 15 is 0 Å². The summed E-state index contributed by atoms with van der Waals surface area (Å²) in [4.78, 5) is 31.2. The number of carbonyl (C=O) groups is 2. The first-order chi connectivity index (χ1) is 16.6. The van der Waals surface area contributed by atoms with Crippen LogP contribution in [-0.4, -0.2) is 41.8 Å². The number of hydrogen-bond donors (Lipinski definition) is 0. The predicted molar refractivity (Wildman–Crippen MR) is 136 cm³/mol. The smallest absolute Gasteiger partial charge is 0.246 e. The summed E-state index contributed by atoms with van der Waals surface area (Å²) in [6, 6.07) is 21.7. The second-order valence-electron chi connectivity index (χ2n) is 8.43. The Morgan fingerprint density at radius 1 is 1.00 bits per heavy atom. The Morgan fingerprint density at radius 3 is 2.44 bits per heavy atom. The average Bonchev–Trinajstić information content (AvgIpc) is 3.40. The van der Waals surface area contributed by atoms with Crippen LogP contribution in [-0.2, 0) is 22.7 Å². The number of methoxy groups -OCH3 is 1. The van der Waals surface area contributed by atoms with E-state index in [9.17, 15) is 9.59 Å². The van der Waals surface area contributed by atoms with E-state index in [1.54, 1.807) is 24.5 Å². The summed E-state index contributed by atoms with van der Waals surface area (Å²) in [5, 5.41) is 2.04. The fraction of sp³-hybridized carbons (Fsp3) is 0.286. The molecule has 2 amide bonds. The molecule has 5 nitrogen and oxygen atoms in total. The van der Waals surface area contributed by atoms with Gasteiger partial charge in [0.15, 0.2) is 0 Å². The number of piperidine rings is 1. The zero-order chi connectivity index (χ0) is 23.8. The van der Waals surface area contributed by atoms with Crippen LogP contribution in [0.25, 0.3) is 6.08 Å². The van der Waals surface area contributed by atoms with Gasteiger partial charge in [0.2, 0.25) is 11.8 Å². The van der Waals surface area contributed by atoms with E-state index in [-0.39, 0.29) is 17.7 Å². The summed E-state index contributed by atoms with van der Waals surface area (Å²) in [6.45, 7) is 2.26. The molecule has 0 radical (unpaired) electrons. The lowest BCUT2D eigenvalue weighted by Gasteiger charge is -2.34. The van der Waals surface area contributed by atoms with Gasteiger partial charge in [-0.3, -0.25) is 9.59 Å². The topological polar surface area (TPSA) is 49.9 Å². The highest BCUT2D eigenvalue weighted by molar-refractivity contribution is 7.09. The number of thiophene rings is 1. The second-order valence-corrected chi connectivity index (χ2v) is 9.46. The van der Waals surface area contributed by atoms with Crippen LogP contribution in [0.3, 0.4) is 0 Å². The molecule has 1 aromatic heterocycles. The molecule has 0 aliphatic carbocycles. The fourth-order valence-corrected chi connectivity index (χ4v) is 5.00. The van der Waals surface area contributed by atoms with Crippen LogP contribution in [0.5, 0.6) is 5.75 Å². The highest BCUT2D eigenvalue weighted by Crippen LogP contribution is 2.26. The van der Waals surface area contributed by atoms with Gasteiger partial charge < -0.3 is 14.5 Å². The van der Waals surface area contributed by atoms with Gasteiger partial charge in [-0.2, -0.15) is 0 Å². The number of hydrogen-bond acceptors (Lipinski definition) is 4. The Balaban J connectivity index is 1.40. The van der Waals surface area contributed by atoms with Crippen LogP contribution in [0.1, 0.15) is 28.8 Å². The molecule has 0 unspecified atom stereocenters. The van der Waals surface area contributed by atoms with Crippen molar-refractivity contribution >= 4 is 29.2 Å². The van der Waals surface area contributed by atoms with Crippen molar-refractivity contribution in [1.82, 2.24) is 9.80 Å². The van der Waals surface area contributed by atoms with Gasteiger partial charge in [0.25, 0.3) is 0 Å². The van der Waals surface area contributed by atoms with Gasteiger partial charge in [0, 0.05) is 42.1 Å². The zero-order valence-electron chi connectivity index (χ0n) is 19.4. The number of para-hydroxylation sites is 1. The molecule has 0 saturated carbocycles. The minimum atomic E-state index is -0.0863. The first-order valence-corrected chi connectivity index (χ1v) is 12.5. The zero-order valence-corrected chi connectivity index (χ0v) is 20.2. The minimum Gasteiger partial charge on any atom is -0.496 e. The number of amides is 2. The molecule has 4 rings (SSSR count). The van der Waals surface area contributed by atoms with Crippen LogP contribution in [0, 0.1) is 5.92 Å². The van der Waals surface area contributed by atoms with E-state index in [0.29, 0.717) is 39.0 Å². The predicted octanol–water partition coefficient (Wildman–Crippen LogP) is 5.24. The lowest BCUT2D eigenvalue weighted by Crippen LogP contribution is -2.43. The molecule has 6 heteroatoms. The van der Waals surface area contributed by atoms with Crippen molar-refractivity contribution in [2.24, 2.45) is 5.92 Å². The molecule has 0 atom stereocenters. The van der Waals surface area contributed by atoms with Crippen molar-refractivity contribution in [2.75, 3.05) is 20.2 Å². The third kappa shape index (κ3) is 6.14. The van der Waals surface area contributed by atoms with Crippen LogP contribution in [0.2, 0.25) is 0 Å². The number of rotatable bonds is 8. The normalized spacial score (nSPS) is 14.3. The van der Waals surface area contributed by atoms with Crippen LogP contribution in [0.15, 0.2) is 78.2 Å². The van der Waals surface area contributed by atoms with E-state index in [1.165, 1.54) is 0 Å². The maximum atomic E-state index is 13.6. The third-order valence-electron chi connectivity index (χ3n) is 6.17. The number of likely N-dealkylation sites (tertiary alicyclic amines) is 1. The van der Waals surface area contributed by atoms with E-state index in [1.807, 2.05) is 81.9 Å². The first-order valence-electron chi connectivity index (χ1n) is 11.6. The number of benzene rings is 2. The Bertz CT molecular complexity index is 1100. The fourth-order valence-electron chi connectivity index (χ4n) is 4.28. The van der Waals surface area contributed by atoms with Crippen molar-refractivity contribution in [2.45, 2.75) is 25.9 Å². The molecular weight excluding hydrogens is 444 g/mol. The molecule has 1 saturated heterocycles. The van der Waals surface area contributed by atoms with Crippen LogP contribution in [0.4, 0.5) is 0 Å². The summed E-state index contributed by atoms with van der Waals surface area (Å²) in [5.41, 5.74) is 2.00. The lowest BCUT2D eigenvalue weighted by molar-refractivity contribution is -0.140. The van der Waals surface area contributed by atoms with E-state index in [2.05, 4.69) is 6.07 Å². The van der Waals surface area contributed by atoms with Crippen LogP contribution < -0.4 is 4.74 Å². The van der Waals surface area contributed by atoms with E-state index in [4.69, 9.17) is 4.74 Å². The largest absolute Gasteiger partial charge is 0.496 e. The SMILES string of the molecule is COc1ccccc1CN(Cc1cccs1)C(=O)C1CCN(C(=O)/C=C/c2ccccc2)CC1. The molecule has 1 aliphatic rings. The highest BCUT2D eigenvalue weighted by Gasteiger charge is 2.30. The van der Waals surface area contributed by atoms with E-state index < -0.39 is 0 Å². The van der Waals surface area contributed by atoms with Gasteiger partial charge in [0.05, 0.1) is 13.7 Å². The Kier molecular flexibility index (Phi) is 8.15. The molecule has 0 bridgehead atoms. The molecule has 2 aromatic carbocycles. The lowest BCUT2D eigenvalue weighted by atomic mass is 9.94. The first kappa shape index (κ1) is 23.8. The molecule has 1 fully saturated rings. The van der Waals surface area contributed by atoms with Gasteiger partial charge in [0.1, 0.15) is 5.75 Å². The third-order valence-corrected chi connectivity index (χ3v) is 7.03. The second kappa shape index (κ2) is 11.7. The van der Waals surface area contributed by atoms with Gasteiger partial charge >= 0.3 is 0 Å². The molecule has 34 heavy (non-hydrogen) atoms.